The molecule has 0 bridgehead atoms. The molecule has 1 amide bonds. The minimum absolute atomic E-state index is 0.0637. The summed E-state index contributed by atoms with van der Waals surface area (Å²) in [5, 5.41) is 11.3. The number of rotatable bonds is 10. The number of alkyl carbamates (subject to hydrolysis) is 1. The van der Waals surface area contributed by atoms with E-state index in [2.05, 4.69) is 5.32 Å². The Labute approximate surface area is 141 Å². The number of hydrogen-bond donors (Lipinski definition) is 2. The zero-order valence-electron chi connectivity index (χ0n) is 13.7. The summed E-state index contributed by atoms with van der Waals surface area (Å²) in [5.74, 6) is -1.75. The molecule has 0 aliphatic heterocycles. The fourth-order valence-electron chi connectivity index (χ4n) is 1.82. The number of carboxylic acids is 1. The number of esters is 1. The van der Waals surface area contributed by atoms with Crippen LogP contribution in [0.25, 0.3) is 0 Å². The lowest BCUT2D eigenvalue weighted by Gasteiger charge is -2.14. The summed E-state index contributed by atoms with van der Waals surface area (Å²) in [7, 11) is 0. The van der Waals surface area contributed by atoms with Crippen LogP contribution in [0.5, 0.6) is 0 Å². The van der Waals surface area contributed by atoms with Gasteiger partial charge in [0.15, 0.2) is 0 Å². The van der Waals surface area contributed by atoms with Crippen molar-refractivity contribution in [1.82, 2.24) is 5.32 Å². The molecule has 1 atom stereocenters. The first-order valence-electron chi connectivity index (χ1n) is 7.88. The molecule has 132 valence electrons. The maximum absolute atomic E-state index is 11.7. The third-order valence-corrected chi connectivity index (χ3v) is 3.20. The highest BCUT2D eigenvalue weighted by atomic mass is 16.5. The van der Waals surface area contributed by atoms with Gasteiger partial charge in [-0.2, -0.15) is 0 Å². The van der Waals surface area contributed by atoms with Gasteiger partial charge in [0.25, 0.3) is 0 Å². The monoisotopic (exact) mass is 337 g/mol. The number of unbranched alkanes of at least 4 members (excludes halogenated alkanes) is 1. The Balaban J connectivity index is 2.33. The molecule has 1 aromatic carbocycles. The SMILES string of the molecule is CCCCOC(=O)NC(CCC(=O)OCc1ccccc1)C(=O)O. The highest BCUT2D eigenvalue weighted by molar-refractivity contribution is 5.80. The number of aliphatic carboxylic acids is 1. The second kappa shape index (κ2) is 11.0. The van der Waals surface area contributed by atoms with Crippen molar-refractivity contribution in [2.24, 2.45) is 0 Å². The van der Waals surface area contributed by atoms with Crippen LogP contribution in [0.2, 0.25) is 0 Å². The topological polar surface area (TPSA) is 102 Å². The van der Waals surface area contributed by atoms with Gasteiger partial charge in [-0.15, -0.1) is 0 Å². The van der Waals surface area contributed by atoms with Crippen LogP contribution in [0, 0.1) is 0 Å². The number of amides is 1. The van der Waals surface area contributed by atoms with Crippen LogP contribution < -0.4 is 5.32 Å². The first kappa shape index (κ1) is 19.5. The summed E-state index contributed by atoms with van der Waals surface area (Å²) in [4.78, 5) is 34.3. The molecule has 0 saturated carbocycles. The van der Waals surface area contributed by atoms with Crippen LogP contribution in [-0.4, -0.2) is 35.8 Å². The second-order valence-corrected chi connectivity index (χ2v) is 5.21. The molecular weight excluding hydrogens is 314 g/mol. The van der Waals surface area contributed by atoms with Crippen LogP contribution in [0.4, 0.5) is 4.79 Å². The van der Waals surface area contributed by atoms with Gasteiger partial charge in [-0.1, -0.05) is 43.7 Å². The maximum atomic E-state index is 11.7. The number of hydrogen-bond acceptors (Lipinski definition) is 5. The summed E-state index contributed by atoms with van der Waals surface area (Å²) in [6.07, 6.45) is 0.596. The predicted octanol–water partition coefficient (Wildman–Crippen LogP) is 2.49. The zero-order chi connectivity index (χ0) is 17.8. The summed E-state index contributed by atoms with van der Waals surface area (Å²) in [6.45, 7) is 2.31. The molecule has 0 fully saturated rings. The highest BCUT2D eigenvalue weighted by Crippen LogP contribution is 2.05. The molecule has 24 heavy (non-hydrogen) atoms. The van der Waals surface area contributed by atoms with Gasteiger partial charge in [0.1, 0.15) is 12.6 Å². The summed E-state index contributed by atoms with van der Waals surface area (Å²) < 4.78 is 9.91. The molecule has 2 N–H and O–H groups in total. The van der Waals surface area contributed by atoms with Crippen molar-refractivity contribution in [2.45, 2.75) is 45.3 Å². The first-order chi connectivity index (χ1) is 11.5. The van der Waals surface area contributed by atoms with Crippen LogP contribution in [0.15, 0.2) is 30.3 Å². The van der Waals surface area contributed by atoms with Gasteiger partial charge in [-0.25, -0.2) is 9.59 Å². The Morgan fingerprint density at radius 2 is 1.88 bits per heavy atom. The van der Waals surface area contributed by atoms with Crippen molar-refractivity contribution in [1.29, 1.82) is 0 Å². The number of carboxylic acid groups (broad SMARTS) is 1. The van der Waals surface area contributed by atoms with Gasteiger partial charge in [-0.3, -0.25) is 4.79 Å². The number of ether oxygens (including phenoxy) is 2. The van der Waals surface area contributed by atoms with Crippen LogP contribution in [-0.2, 0) is 25.7 Å². The maximum Gasteiger partial charge on any atom is 0.407 e. The number of carbonyl (C=O) groups is 3. The lowest BCUT2D eigenvalue weighted by Crippen LogP contribution is -2.41. The van der Waals surface area contributed by atoms with Crippen molar-refractivity contribution < 1.29 is 29.0 Å². The Morgan fingerprint density at radius 1 is 1.17 bits per heavy atom. The van der Waals surface area contributed by atoms with Gasteiger partial charge in [0.05, 0.1) is 6.61 Å². The Hall–Kier alpha value is -2.57. The van der Waals surface area contributed by atoms with Crippen molar-refractivity contribution >= 4 is 18.0 Å². The fraction of sp³-hybridized carbons (Fsp3) is 0.471. The fourth-order valence-corrected chi connectivity index (χ4v) is 1.82. The van der Waals surface area contributed by atoms with Crippen molar-refractivity contribution in [3.8, 4) is 0 Å². The quantitative estimate of drug-likeness (QED) is 0.502. The van der Waals surface area contributed by atoms with E-state index in [9.17, 15) is 14.4 Å². The summed E-state index contributed by atoms with van der Waals surface area (Å²) >= 11 is 0. The van der Waals surface area contributed by atoms with Crippen molar-refractivity contribution in [2.75, 3.05) is 6.61 Å². The Kier molecular flexibility index (Phi) is 8.96. The molecule has 0 heterocycles. The average molecular weight is 337 g/mol. The Morgan fingerprint density at radius 3 is 2.50 bits per heavy atom. The van der Waals surface area contributed by atoms with Crippen molar-refractivity contribution in [3.63, 3.8) is 0 Å². The number of nitrogens with one attached hydrogen (secondary N) is 1. The molecule has 0 aliphatic rings. The first-order valence-corrected chi connectivity index (χ1v) is 7.88. The third-order valence-electron chi connectivity index (χ3n) is 3.20. The van der Waals surface area contributed by atoms with Gasteiger partial charge < -0.3 is 19.9 Å². The normalized spacial score (nSPS) is 11.4. The van der Waals surface area contributed by atoms with E-state index >= 15 is 0 Å². The van der Waals surface area contributed by atoms with E-state index in [1.165, 1.54) is 0 Å². The molecule has 0 saturated heterocycles. The minimum atomic E-state index is -1.22. The molecule has 1 rings (SSSR count). The molecule has 0 spiro atoms. The third kappa shape index (κ3) is 8.17. The molecule has 1 aromatic rings. The second-order valence-electron chi connectivity index (χ2n) is 5.21. The highest BCUT2D eigenvalue weighted by Gasteiger charge is 2.22. The van der Waals surface area contributed by atoms with E-state index in [1.54, 1.807) is 0 Å². The summed E-state index contributed by atoms with van der Waals surface area (Å²) in [5.41, 5.74) is 0.846. The van der Waals surface area contributed by atoms with E-state index in [-0.39, 0.29) is 26.1 Å². The van der Waals surface area contributed by atoms with E-state index < -0.39 is 24.1 Å². The van der Waals surface area contributed by atoms with E-state index in [1.807, 2.05) is 37.3 Å². The lowest BCUT2D eigenvalue weighted by atomic mass is 10.1. The molecule has 0 aromatic heterocycles. The molecule has 1 unspecified atom stereocenters. The van der Waals surface area contributed by atoms with E-state index in [4.69, 9.17) is 14.6 Å². The van der Waals surface area contributed by atoms with Crippen LogP contribution >= 0.6 is 0 Å². The van der Waals surface area contributed by atoms with Gasteiger partial charge >= 0.3 is 18.0 Å². The smallest absolute Gasteiger partial charge is 0.407 e. The largest absolute Gasteiger partial charge is 0.480 e. The van der Waals surface area contributed by atoms with Gasteiger partial charge in [0.2, 0.25) is 0 Å². The minimum Gasteiger partial charge on any atom is -0.480 e. The van der Waals surface area contributed by atoms with E-state index in [0.29, 0.717) is 6.42 Å². The Bertz CT molecular complexity index is 531. The van der Waals surface area contributed by atoms with Crippen LogP contribution in [0.3, 0.4) is 0 Å². The molecule has 7 heteroatoms. The molecule has 0 radical (unpaired) electrons. The van der Waals surface area contributed by atoms with Crippen LogP contribution in [0.1, 0.15) is 38.2 Å². The zero-order valence-corrected chi connectivity index (χ0v) is 13.7. The van der Waals surface area contributed by atoms with Crippen molar-refractivity contribution in [3.05, 3.63) is 35.9 Å². The average Bonchev–Trinajstić information content (AvgIpc) is 2.57. The summed E-state index contributed by atoms with van der Waals surface area (Å²) in [6, 6.07) is 7.97. The molecule has 7 nitrogen and oxygen atoms in total. The van der Waals surface area contributed by atoms with E-state index in [0.717, 1.165) is 12.0 Å². The number of benzene rings is 1. The standard InChI is InChI=1S/C17H23NO6/c1-2-3-11-23-17(22)18-14(16(20)21)9-10-15(19)24-12-13-7-5-4-6-8-13/h4-8,14H,2-3,9-12H2,1H3,(H,18,22)(H,20,21). The van der Waals surface area contributed by atoms with Gasteiger partial charge in [0, 0.05) is 6.42 Å². The van der Waals surface area contributed by atoms with Gasteiger partial charge in [-0.05, 0) is 18.4 Å². The lowest BCUT2D eigenvalue weighted by molar-refractivity contribution is -0.145. The molecular formula is C17H23NO6. The number of carbonyl (C=O) groups excluding carboxylic acids is 2. The predicted molar refractivity (Wildman–Crippen MR) is 86.3 cm³/mol. The molecule has 0 aliphatic carbocycles.